The van der Waals surface area contributed by atoms with Gasteiger partial charge in [0.1, 0.15) is 0 Å². The van der Waals surface area contributed by atoms with Crippen LogP contribution in [-0.4, -0.2) is 22.8 Å². The Hall–Kier alpha value is -0.0500. The monoisotopic (exact) mass is 315 g/mol. The first-order valence-corrected chi connectivity index (χ1v) is 7.84. The van der Waals surface area contributed by atoms with E-state index in [4.69, 9.17) is 11.6 Å². The molecule has 1 saturated heterocycles. The van der Waals surface area contributed by atoms with Crippen molar-refractivity contribution in [1.29, 1.82) is 0 Å². The summed E-state index contributed by atoms with van der Waals surface area (Å²) in [5.41, 5.74) is 1.38. The number of hydrogen-bond acceptors (Lipinski definition) is 1. The van der Waals surface area contributed by atoms with Gasteiger partial charge < -0.3 is 0 Å². The van der Waals surface area contributed by atoms with Crippen molar-refractivity contribution in [3.05, 3.63) is 34.9 Å². The van der Waals surface area contributed by atoms with Crippen LogP contribution >= 0.6 is 27.5 Å². The standard InChI is InChI=1S/C14H19BrClN/c15-9-1-3-14-4-2-10-17(14)11-12-5-7-13(16)8-6-12/h5-8,14H,1-4,9-11H2. The predicted octanol–water partition coefficient (Wildman–Crippen LogP) is 4.48. The van der Waals surface area contributed by atoms with E-state index in [2.05, 4.69) is 33.0 Å². The lowest BCUT2D eigenvalue weighted by Gasteiger charge is -2.24. The van der Waals surface area contributed by atoms with E-state index < -0.39 is 0 Å². The Morgan fingerprint density at radius 1 is 1.29 bits per heavy atom. The maximum Gasteiger partial charge on any atom is 0.0406 e. The minimum atomic E-state index is 0.781. The number of nitrogens with zero attached hydrogens (tertiary/aromatic N) is 1. The van der Waals surface area contributed by atoms with Crippen LogP contribution in [0.15, 0.2) is 24.3 Å². The number of rotatable bonds is 5. The SMILES string of the molecule is Clc1ccc(CN2CCCC2CCCBr)cc1. The van der Waals surface area contributed by atoms with Crippen LogP contribution in [0.4, 0.5) is 0 Å². The Bertz CT molecular complexity index is 339. The van der Waals surface area contributed by atoms with Gasteiger partial charge in [-0.25, -0.2) is 0 Å². The highest BCUT2D eigenvalue weighted by molar-refractivity contribution is 9.09. The Labute approximate surface area is 117 Å². The van der Waals surface area contributed by atoms with Gasteiger partial charge >= 0.3 is 0 Å². The van der Waals surface area contributed by atoms with Gasteiger partial charge in [0.2, 0.25) is 0 Å². The van der Waals surface area contributed by atoms with Crippen LogP contribution in [0.1, 0.15) is 31.2 Å². The molecule has 1 aliphatic rings. The van der Waals surface area contributed by atoms with Gasteiger partial charge in [-0.2, -0.15) is 0 Å². The zero-order valence-electron chi connectivity index (χ0n) is 10.0. The molecule has 1 fully saturated rings. The molecule has 0 aliphatic carbocycles. The van der Waals surface area contributed by atoms with Gasteiger partial charge in [-0.15, -0.1) is 0 Å². The maximum absolute atomic E-state index is 5.91. The van der Waals surface area contributed by atoms with Gasteiger partial charge in [-0.1, -0.05) is 39.7 Å². The molecule has 17 heavy (non-hydrogen) atoms. The van der Waals surface area contributed by atoms with Crippen molar-refractivity contribution in [2.75, 3.05) is 11.9 Å². The first-order valence-electron chi connectivity index (χ1n) is 6.34. The summed E-state index contributed by atoms with van der Waals surface area (Å²) in [6.07, 6.45) is 5.31. The fourth-order valence-electron chi connectivity index (χ4n) is 2.57. The molecule has 0 spiro atoms. The normalized spacial score (nSPS) is 20.9. The fraction of sp³-hybridized carbons (Fsp3) is 0.571. The highest BCUT2D eigenvalue weighted by atomic mass is 79.9. The van der Waals surface area contributed by atoms with Gasteiger partial charge in [0.15, 0.2) is 0 Å². The average Bonchev–Trinajstić information content (AvgIpc) is 2.77. The van der Waals surface area contributed by atoms with Crippen LogP contribution in [0, 0.1) is 0 Å². The molecule has 1 atom stereocenters. The van der Waals surface area contributed by atoms with E-state index in [0.29, 0.717) is 0 Å². The molecule has 0 N–H and O–H groups in total. The quantitative estimate of drug-likeness (QED) is 0.724. The summed E-state index contributed by atoms with van der Waals surface area (Å²) in [4.78, 5) is 2.62. The van der Waals surface area contributed by atoms with Gasteiger partial charge in [0.05, 0.1) is 0 Å². The van der Waals surface area contributed by atoms with Gasteiger partial charge in [-0.3, -0.25) is 4.90 Å². The molecule has 0 saturated carbocycles. The molecule has 0 aromatic heterocycles. The van der Waals surface area contributed by atoms with E-state index >= 15 is 0 Å². The smallest absolute Gasteiger partial charge is 0.0406 e. The number of halogens is 2. The predicted molar refractivity (Wildman–Crippen MR) is 77.9 cm³/mol. The lowest BCUT2D eigenvalue weighted by molar-refractivity contribution is 0.234. The molecular weight excluding hydrogens is 298 g/mol. The summed E-state index contributed by atoms with van der Waals surface area (Å²) < 4.78 is 0. The number of benzene rings is 1. The van der Waals surface area contributed by atoms with Crippen molar-refractivity contribution < 1.29 is 0 Å². The number of alkyl halides is 1. The lowest BCUT2D eigenvalue weighted by Crippen LogP contribution is -2.28. The zero-order chi connectivity index (χ0) is 12.1. The third-order valence-electron chi connectivity index (χ3n) is 3.47. The third-order valence-corrected chi connectivity index (χ3v) is 4.28. The molecule has 1 nitrogen and oxygen atoms in total. The number of likely N-dealkylation sites (tertiary alicyclic amines) is 1. The fourth-order valence-corrected chi connectivity index (χ4v) is 3.02. The summed E-state index contributed by atoms with van der Waals surface area (Å²) in [6.45, 7) is 2.32. The molecule has 2 rings (SSSR count). The molecule has 1 aromatic rings. The van der Waals surface area contributed by atoms with Crippen LogP contribution in [0.25, 0.3) is 0 Å². The summed E-state index contributed by atoms with van der Waals surface area (Å²) in [5, 5.41) is 1.95. The molecular formula is C14H19BrClN. The largest absolute Gasteiger partial charge is 0.296 e. The second-order valence-corrected chi connectivity index (χ2v) is 5.95. The minimum Gasteiger partial charge on any atom is -0.296 e. The first kappa shape index (κ1) is 13.4. The Kier molecular flexibility index (Phi) is 5.33. The molecule has 1 heterocycles. The van der Waals surface area contributed by atoms with Crippen molar-refractivity contribution in [3.63, 3.8) is 0 Å². The first-order chi connectivity index (χ1) is 8.29. The second-order valence-electron chi connectivity index (χ2n) is 4.72. The van der Waals surface area contributed by atoms with Crippen molar-refractivity contribution >= 4 is 27.5 Å². The molecule has 3 heteroatoms. The highest BCUT2D eigenvalue weighted by Gasteiger charge is 2.23. The van der Waals surface area contributed by atoms with Crippen molar-refractivity contribution in [2.45, 2.75) is 38.3 Å². The second kappa shape index (κ2) is 6.77. The molecule has 94 valence electrons. The van der Waals surface area contributed by atoms with Crippen LogP contribution in [-0.2, 0) is 6.54 Å². The molecule has 0 radical (unpaired) electrons. The van der Waals surface area contributed by atoms with E-state index in [1.54, 1.807) is 0 Å². The highest BCUT2D eigenvalue weighted by Crippen LogP contribution is 2.24. The van der Waals surface area contributed by atoms with Crippen molar-refractivity contribution in [2.24, 2.45) is 0 Å². The lowest BCUT2D eigenvalue weighted by atomic mass is 10.1. The van der Waals surface area contributed by atoms with Crippen LogP contribution < -0.4 is 0 Å². The summed E-state index contributed by atoms with van der Waals surface area (Å²) in [7, 11) is 0. The molecule has 0 amide bonds. The molecule has 1 aliphatic heterocycles. The molecule has 1 unspecified atom stereocenters. The third kappa shape index (κ3) is 3.97. The Balaban J connectivity index is 1.90. The molecule has 1 aromatic carbocycles. The van der Waals surface area contributed by atoms with Crippen LogP contribution in [0.2, 0.25) is 5.02 Å². The minimum absolute atomic E-state index is 0.781. The summed E-state index contributed by atoms with van der Waals surface area (Å²) >= 11 is 9.42. The van der Waals surface area contributed by atoms with Crippen LogP contribution in [0.5, 0.6) is 0 Å². The van der Waals surface area contributed by atoms with E-state index in [-0.39, 0.29) is 0 Å². The van der Waals surface area contributed by atoms with Crippen molar-refractivity contribution in [1.82, 2.24) is 4.90 Å². The Morgan fingerprint density at radius 3 is 2.76 bits per heavy atom. The van der Waals surface area contributed by atoms with Gasteiger partial charge in [0.25, 0.3) is 0 Å². The van der Waals surface area contributed by atoms with Crippen LogP contribution in [0.3, 0.4) is 0 Å². The van der Waals surface area contributed by atoms with Crippen molar-refractivity contribution in [3.8, 4) is 0 Å². The summed E-state index contributed by atoms with van der Waals surface area (Å²) in [5.74, 6) is 0. The molecule has 0 bridgehead atoms. The van der Waals surface area contributed by atoms with E-state index in [1.807, 2.05) is 12.1 Å². The van der Waals surface area contributed by atoms with Gasteiger partial charge in [-0.05, 0) is 49.9 Å². The number of hydrogen-bond donors (Lipinski definition) is 0. The average molecular weight is 317 g/mol. The zero-order valence-corrected chi connectivity index (χ0v) is 12.4. The van der Waals surface area contributed by atoms with Gasteiger partial charge in [0, 0.05) is 22.9 Å². The topological polar surface area (TPSA) is 3.24 Å². The Morgan fingerprint density at radius 2 is 2.06 bits per heavy atom. The van der Waals surface area contributed by atoms with E-state index in [0.717, 1.165) is 22.9 Å². The van der Waals surface area contributed by atoms with E-state index in [9.17, 15) is 0 Å². The van der Waals surface area contributed by atoms with E-state index in [1.165, 1.54) is 37.8 Å². The maximum atomic E-state index is 5.91. The summed E-state index contributed by atoms with van der Waals surface area (Å²) in [6, 6.07) is 9.04.